The smallest absolute Gasteiger partial charge is 0.309 e. The molecule has 1 rings (SSSR count). The van der Waals surface area contributed by atoms with Crippen LogP contribution in [0.25, 0.3) is 0 Å². The number of carbonyl (C=O) groups excluding carboxylic acids is 2. The predicted octanol–water partition coefficient (Wildman–Crippen LogP) is 0.359. The number of benzene rings is 1. The Hall–Kier alpha value is -1.66. The highest BCUT2D eigenvalue weighted by molar-refractivity contribution is 7.80. The molecule has 0 aliphatic carbocycles. The summed E-state index contributed by atoms with van der Waals surface area (Å²) in [6.07, 6.45) is 0. The van der Waals surface area contributed by atoms with Crippen molar-refractivity contribution >= 4 is 40.6 Å². The lowest BCUT2D eigenvalue weighted by molar-refractivity contribution is -0.139. The normalized spacial score (nSPS) is 9.61. The Morgan fingerprint density at radius 1 is 1.22 bits per heavy atom. The summed E-state index contributed by atoms with van der Waals surface area (Å²) >= 11 is 10.5. The number of thiocarbonyl (C=S) groups is 1. The third kappa shape index (κ3) is 4.68. The average molecular weight is 286 g/mol. The van der Waals surface area contributed by atoms with Crippen molar-refractivity contribution in [2.75, 3.05) is 6.54 Å². The molecule has 0 spiro atoms. The molecule has 5 nitrogen and oxygen atoms in total. The van der Waals surface area contributed by atoms with Crippen molar-refractivity contribution in [3.05, 3.63) is 34.9 Å². The lowest BCUT2D eigenvalue weighted by Crippen LogP contribution is -2.42. The van der Waals surface area contributed by atoms with Crippen molar-refractivity contribution in [2.45, 2.75) is 6.54 Å². The molecule has 0 bridgehead atoms. The monoisotopic (exact) mass is 285 g/mol. The Labute approximate surface area is 115 Å². The van der Waals surface area contributed by atoms with E-state index in [9.17, 15) is 9.59 Å². The van der Waals surface area contributed by atoms with Gasteiger partial charge in [0.15, 0.2) is 0 Å². The highest BCUT2D eigenvalue weighted by atomic mass is 35.5. The molecule has 0 aliphatic rings. The van der Waals surface area contributed by atoms with Gasteiger partial charge in [-0.05, 0) is 11.6 Å². The molecular formula is C11H12ClN3O2S. The third-order valence-corrected chi connectivity index (χ3v) is 2.54. The van der Waals surface area contributed by atoms with Crippen molar-refractivity contribution in [1.29, 1.82) is 0 Å². The molecule has 96 valence electrons. The van der Waals surface area contributed by atoms with Gasteiger partial charge in [0.25, 0.3) is 0 Å². The Balaban J connectivity index is 2.44. The second-order valence-corrected chi connectivity index (χ2v) is 4.35. The second kappa shape index (κ2) is 6.93. The molecule has 0 unspecified atom stereocenters. The first kappa shape index (κ1) is 14.4. The van der Waals surface area contributed by atoms with Gasteiger partial charge in [-0.25, -0.2) is 0 Å². The molecule has 0 radical (unpaired) electrons. The van der Waals surface area contributed by atoms with E-state index in [1.54, 1.807) is 24.3 Å². The molecule has 1 aromatic rings. The van der Waals surface area contributed by atoms with Crippen molar-refractivity contribution in [3.63, 3.8) is 0 Å². The first-order chi connectivity index (χ1) is 8.50. The van der Waals surface area contributed by atoms with E-state index in [0.29, 0.717) is 5.02 Å². The molecule has 7 heteroatoms. The maximum atomic E-state index is 11.4. The molecular weight excluding hydrogens is 274 g/mol. The van der Waals surface area contributed by atoms with Gasteiger partial charge in [0.1, 0.15) is 0 Å². The van der Waals surface area contributed by atoms with E-state index in [1.807, 2.05) is 0 Å². The summed E-state index contributed by atoms with van der Waals surface area (Å²) in [5, 5.41) is 5.26. The van der Waals surface area contributed by atoms with Crippen molar-refractivity contribution in [3.8, 4) is 0 Å². The molecule has 0 saturated heterocycles. The highest BCUT2D eigenvalue weighted by Crippen LogP contribution is 2.13. The van der Waals surface area contributed by atoms with Gasteiger partial charge < -0.3 is 16.4 Å². The van der Waals surface area contributed by atoms with Gasteiger partial charge in [0.2, 0.25) is 0 Å². The Morgan fingerprint density at radius 2 is 1.83 bits per heavy atom. The van der Waals surface area contributed by atoms with Crippen LogP contribution in [0.4, 0.5) is 0 Å². The third-order valence-electron chi connectivity index (χ3n) is 2.03. The van der Waals surface area contributed by atoms with Crippen LogP contribution in [0.3, 0.4) is 0 Å². The Bertz CT molecular complexity index is 479. The molecule has 0 fully saturated rings. The maximum absolute atomic E-state index is 11.4. The largest absolute Gasteiger partial charge is 0.392 e. The van der Waals surface area contributed by atoms with Gasteiger partial charge in [-0.3, -0.25) is 9.59 Å². The van der Waals surface area contributed by atoms with Crippen LogP contribution in [0.2, 0.25) is 5.02 Å². The molecule has 0 atom stereocenters. The fraction of sp³-hybridized carbons (Fsp3) is 0.182. The lowest BCUT2D eigenvalue weighted by Gasteiger charge is -2.07. The van der Waals surface area contributed by atoms with E-state index >= 15 is 0 Å². The quantitative estimate of drug-likeness (QED) is 0.551. The molecule has 4 N–H and O–H groups in total. The number of hydrogen-bond donors (Lipinski definition) is 3. The highest BCUT2D eigenvalue weighted by Gasteiger charge is 2.12. The zero-order valence-corrected chi connectivity index (χ0v) is 11.0. The molecule has 2 amide bonds. The summed E-state index contributed by atoms with van der Waals surface area (Å²) in [5.74, 6) is -1.54. The van der Waals surface area contributed by atoms with Crippen LogP contribution in [-0.4, -0.2) is 23.3 Å². The van der Waals surface area contributed by atoms with Crippen LogP contribution < -0.4 is 16.4 Å². The minimum Gasteiger partial charge on any atom is -0.392 e. The summed E-state index contributed by atoms with van der Waals surface area (Å²) in [5.41, 5.74) is 5.92. The van der Waals surface area contributed by atoms with Crippen LogP contribution in [0, 0.1) is 0 Å². The average Bonchev–Trinajstić information content (AvgIpc) is 2.34. The fourth-order valence-electron chi connectivity index (χ4n) is 1.15. The number of amides is 2. The van der Waals surface area contributed by atoms with Gasteiger partial charge >= 0.3 is 11.8 Å². The zero-order chi connectivity index (χ0) is 13.5. The summed E-state index contributed by atoms with van der Waals surface area (Å²) < 4.78 is 0. The van der Waals surface area contributed by atoms with E-state index in [-0.39, 0.29) is 18.1 Å². The Kier molecular flexibility index (Phi) is 5.54. The van der Waals surface area contributed by atoms with Crippen LogP contribution in [0.15, 0.2) is 24.3 Å². The molecule has 0 aromatic heterocycles. The Morgan fingerprint density at radius 3 is 2.44 bits per heavy atom. The van der Waals surface area contributed by atoms with Gasteiger partial charge in [-0.2, -0.15) is 0 Å². The maximum Gasteiger partial charge on any atom is 0.309 e. The number of rotatable bonds is 4. The van der Waals surface area contributed by atoms with Crippen molar-refractivity contribution < 1.29 is 9.59 Å². The fourth-order valence-corrected chi connectivity index (χ4v) is 1.42. The molecule has 18 heavy (non-hydrogen) atoms. The zero-order valence-electron chi connectivity index (χ0n) is 9.40. The summed E-state index contributed by atoms with van der Waals surface area (Å²) in [7, 11) is 0. The van der Waals surface area contributed by atoms with E-state index in [4.69, 9.17) is 17.3 Å². The topological polar surface area (TPSA) is 84.2 Å². The van der Waals surface area contributed by atoms with Gasteiger partial charge in [0.05, 0.1) is 11.5 Å². The number of carbonyl (C=O) groups is 2. The summed E-state index contributed by atoms with van der Waals surface area (Å²) in [4.78, 5) is 22.8. The SMILES string of the molecule is NC(=S)CNC(=O)C(=O)NCc1ccccc1Cl. The second-order valence-electron chi connectivity index (χ2n) is 3.42. The van der Waals surface area contributed by atoms with E-state index in [0.717, 1.165) is 5.56 Å². The van der Waals surface area contributed by atoms with Gasteiger partial charge in [-0.15, -0.1) is 0 Å². The van der Waals surface area contributed by atoms with Gasteiger partial charge in [0, 0.05) is 11.6 Å². The molecule has 0 saturated carbocycles. The van der Waals surface area contributed by atoms with Crippen LogP contribution in [0.5, 0.6) is 0 Å². The first-order valence-corrected chi connectivity index (χ1v) is 5.87. The number of hydrogen-bond acceptors (Lipinski definition) is 3. The van der Waals surface area contributed by atoms with Crippen molar-refractivity contribution in [1.82, 2.24) is 10.6 Å². The lowest BCUT2D eigenvalue weighted by atomic mass is 10.2. The van der Waals surface area contributed by atoms with Gasteiger partial charge in [-0.1, -0.05) is 42.0 Å². The van der Waals surface area contributed by atoms with E-state index < -0.39 is 11.8 Å². The molecule has 0 aliphatic heterocycles. The van der Waals surface area contributed by atoms with E-state index in [2.05, 4.69) is 22.9 Å². The minimum absolute atomic E-state index is 0.00627. The predicted molar refractivity (Wildman–Crippen MR) is 73.1 cm³/mol. The van der Waals surface area contributed by atoms with E-state index in [1.165, 1.54) is 0 Å². The first-order valence-electron chi connectivity index (χ1n) is 5.08. The number of nitrogens with one attached hydrogen (secondary N) is 2. The van der Waals surface area contributed by atoms with Crippen LogP contribution in [0.1, 0.15) is 5.56 Å². The number of nitrogens with two attached hydrogens (primary N) is 1. The molecule has 1 aromatic carbocycles. The summed E-state index contributed by atoms with van der Waals surface area (Å²) in [6, 6.07) is 7.04. The molecule has 0 heterocycles. The standard InChI is InChI=1S/C11H12ClN3O2S/c12-8-4-2-1-3-7(8)5-14-10(16)11(17)15-6-9(13)18/h1-4H,5-6H2,(H2,13,18)(H,14,16)(H,15,17). The van der Waals surface area contributed by atoms with Crippen LogP contribution in [-0.2, 0) is 16.1 Å². The summed E-state index contributed by atoms with van der Waals surface area (Å²) in [6.45, 7) is 0.173. The minimum atomic E-state index is -0.783. The van der Waals surface area contributed by atoms with Crippen molar-refractivity contribution in [2.24, 2.45) is 5.73 Å². The van der Waals surface area contributed by atoms with Crippen LogP contribution >= 0.6 is 23.8 Å². The number of halogens is 1.